The number of unbranched alkanes of at least 4 members (excludes halogenated alkanes) is 6. The van der Waals surface area contributed by atoms with Crippen molar-refractivity contribution < 1.29 is 38.4 Å². The third-order valence-electron chi connectivity index (χ3n) is 6.04. The average molecular weight is 507 g/mol. The van der Waals surface area contributed by atoms with E-state index in [2.05, 4.69) is 0 Å². The number of hydrogen-bond donors (Lipinski definition) is 4. The number of aromatic hydroxyl groups is 2. The normalized spacial score (nSPS) is 11.5. The van der Waals surface area contributed by atoms with Gasteiger partial charge in [0.2, 0.25) is 9.84 Å². The van der Waals surface area contributed by atoms with Gasteiger partial charge in [0.05, 0.1) is 11.1 Å². The zero-order valence-corrected chi connectivity index (χ0v) is 21.0. The Labute approximate surface area is 206 Å². The van der Waals surface area contributed by atoms with Crippen molar-refractivity contribution in [2.45, 2.75) is 87.8 Å². The highest BCUT2D eigenvalue weighted by molar-refractivity contribution is 7.91. The molecule has 35 heavy (non-hydrogen) atoms. The van der Waals surface area contributed by atoms with Crippen molar-refractivity contribution in [3.05, 3.63) is 46.5 Å². The van der Waals surface area contributed by atoms with Crippen LogP contribution in [0.25, 0.3) is 0 Å². The Morgan fingerprint density at radius 3 is 1.34 bits per heavy atom. The molecule has 2 aromatic carbocycles. The Morgan fingerprint density at radius 1 is 0.657 bits per heavy atom. The molecule has 2 rings (SSSR count). The van der Waals surface area contributed by atoms with Crippen LogP contribution in [0.4, 0.5) is 0 Å². The highest BCUT2D eigenvalue weighted by atomic mass is 32.2. The number of aromatic carboxylic acids is 2. The van der Waals surface area contributed by atoms with Crippen LogP contribution in [0, 0.1) is 0 Å². The van der Waals surface area contributed by atoms with Crippen molar-refractivity contribution in [2.24, 2.45) is 0 Å². The van der Waals surface area contributed by atoms with Crippen molar-refractivity contribution in [3.8, 4) is 11.5 Å². The lowest BCUT2D eigenvalue weighted by atomic mass is 10.00. The predicted molar refractivity (Wildman–Crippen MR) is 131 cm³/mol. The second-order valence-corrected chi connectivity index (χ2v) is 10.4. The summed E-state index contributed by atoms with van der Waals surface area (Å²) in [5.74, 6) is -3.96. The number of carboxylic acids is 2. The minimum absolute atomic E-state index is 0.0503. The zero-order chi connectivity index (χ0) is 26.2. The SMILES string of the molecule is CCCCCCc1c(C(=O)O)ccc(O)c1S(=O)(=O)c1c(O)ccc(C(=O)O)c1CCCCCC. The molecular weight excluding hydrogens is 472 g/mol. The number of carboxylic acid groups (broad SMARTS) is 2. The molecule has 0 aliphatic heterocycles. The molecule has 0 fully saturated rings. The Kier molecular flexibility index (Phi) is 10.1. The molecule has 0 amide bonds. The summed E-state index contributed by atoms with van der Waals surface area (Å²) < 4.78 is 27.9. The second-order valence-electron chi connectivity index (χ2n) is 8.61. The number of rotatable bonds is 14. The van der Waals surface area contributed by atoms with Gasteiger partial charge in [0, 0.05) is 0 Å². The third-order valence-corrected chi connectivity index (χ3v) is 8.02. The van der Waals surface area contributed by atoms with Crippen LogP contribution >= 0.6 is 0 Å². The van der Waals surface area contributed by atoms with Gasteiger partial charge in [-0.3, -0.25) is 0 Å². The molecule has 0 radical (unpaired) electrons. The molecule has 0 aliphatic rings. The Balaban J connectivity index is 2.77. The number of hydrogen-bond acceptors (Lipinski definition) is 6. The van der Waals surface area contributed by atoms with E-state index in [-0.39, 0.29) is 35.1 Å². The lowest BCUT2D eigenvalue weighted by Crippen LogP contribution is -2.15. The van der Waals surface area contributed by atoms with Gasteiger partial charge in [0.25, 0.3) is 0 Å². The van der Waals surface area contributed by atoms with Crippen LogP contribution in [0.15, 0.2) is 34.1 Å². The molecule has 0 heterocycles. The van der Waals surface area contributed by atoms with Gasteiger partial charge in [0.1, 0.15) is 21.3 Å². The van der Waals surface area contributed by atoms with Gasteiger partial charge in [-0.15, -0.1) is 0 Å². The molecule has 192 valence electrons. The fourth-order valence-corrected chi connectivity index (χ4v) is 6.25. The number of phenols is 2. The average Bonchev–Trinajstić information content (AvgIpc) is 2.78. The molecule has 2 aromatic rings. The first-order valence-electron chi connectivity index (χ1n) is 12.0. The van der Waals surface area contributed by atoms with Gasteiger partial charge >= 0.3 is 11.9 Å². The molecule has 0 bridgehead atoms. The minimum atomic E-state index is -4.69. The Hall–Kier alpha value is -3.07. The van der Waals surface area contributed by atoms with Gasteiger partial charge < -0.3 is 20.4 Å². The number of carbonyl (C=O) groups is 2. The highest BCUT2D eigenvalue weighted by Crippen LogP contribution is 2.41. The van der Waals surface area contributed by atoms with Crippen molar-refractivity contribution in [2.75, 3.05) is 0 Å². The molecule has 0 aliphatic carbocycles. The molecule has 0 saturated carbocycles. The van der Waals surface area contributed by atoms with Crippen molar-refractivity contribution in [3.63, 3.8) is 0 Å². The maximum absolute atomic E-state index is 13.9. The molecule has 4 N–H and O–H groups in total. The van der Waals surface area contributed by atoms with Gasteiger partial charge in [0.15, 0.2) is 0 Å². The fourth-order valence-electron chi connectivity index (χ4n) is 4.29. The summed E-state index contributed by atoms with van der Waals surface area (Å²) in [4.78, 5) is 22.6. The van der Waals surface area contributed by atoms with E-state index in [1.165, 1.54) is 0 Å². The quantitative estimate of drug-likeness (QED) is 0.243. The number of sulfone groups is 1. The molecule has 0 saturated heterocycles. The van der Waals surface area contributed by atoms with E-state index in [1.807, 2.05) is 13.8 Å². The summed E-state index contributed by atoms with van der Waals surface area (Å²) in [6.07, 6.45) is 6.30. The van der Waals surface area contributed by atoms with E-state index in [4.69, 9.17) is 0 Å². The van der Waals surface area contributed by atoms with E-state index >= 15 is 0 Å². The van der Waals surface area contributed by atoms with Crippen LogP contribution in [0.1, 0.15) is 97.1 Å². The molecule has 0 unspecified atom stereocenters. The smallest absolute Gasteiger partial charge is 0.336 e. The first-order chi connectivity index (χ1) is 16.6. The summed E-state index contributed by atoms with van der Waals surface area (Å²) >= 11 is 0. The van der Waals surface area contributed by atoms with E-state index in [0.29, 0.717) is 12.8 Å². The van der Waals surface area contributed by atoms with E-state index in [1.54, 1.807) is 0 Å². The predicted octanol–water partition coefficient (Wildman–Crippen LogP) is 5.57. The van der Waals surface area contributed by atoms with E-state index in [9.17, 15) is 38.4 Å². The molecule has 0 aromatic heterocycles. The summed E-state index contributed by atoms with van der Waals surface area (Å²) in [5.41, 5.74) is -0.608. The molecule has 0 atom stereocenters. The topological polar surface area (TPSA) is 149 Å². The largest absolute Gasteiger partial charge is 0.507 e. The lowest BCUT2D eigenvalue weighted by molar-refractivity contribution is 0.0684. The summed E-state index contributed by atoms with van der Waals surface area (Å²) in [6, 6.07) is 4.33. The van der Waals surface area contributed by atoms with Crippen LogP contribution in [-0.4, -0.2) is 40.8 Å². The van der Waals surface area contributed by atoms with E-state index < -0.39 is 43.1 Å². The summed E-state index contributed by atoms with van der Waals surface area (Å²) in [7, 11) is -4.69. The molecule has 8 nitrogen and oxygen atoms in total. The van der Waals surface area contributed by atoms with Crippen LogP contribution in [-0.2, 0) is 22.7 Å². The molecular formula is C26H34O8S. The van der Waals surface area contributed by atoms with Crippen molar-refractivity contribution >= 4 is 21.8 Å². The zero-order valence-electron chi connectivity index (χ0n) is 20.2. The Morgan fingerprint density at radius 2 is 1.03 bits per heavy atom. The highest BCUT2D eigenvalue weighted by Gasteiger charge is 2.34. The van der Waals surface area contributed by atoms with Crippen LogP contribution in [0.2, 0.25) is 0 Å². The Bertz CT molecular complexity index is 1080. The fraction of sp³-hybridized carbons (Fsp3) is 0.462. The minimum Gasteiger partial charge on any atom is -0.507 e. The third kappa shape index (κ3) is 6.54. The van der Waals surface area contributed by atoms with Gasteiger partial charge in [-0.05, 0) is 61.1 Å². The summed E-state index contributed by atoms with van der Waals surface area (Å²) in [5, 5.41) is 40.7. The van der Waals surface area contributed by atoms with Crippen LogP contribution in [0.3, 0.4) is 0 Å². The maximum atomic E-state index is 13.9. The monoisotopic (exact) mass is 506 g/mol. The van der Waals surface area contributed by atoms with Crippen molar-refractivity contribution in [1.29, 1.82) is 0 Å². The number of phenolic OH excluding ortho intramolecular Hbond substituents is 2. The van der Waals surface area contributed by atoms with Crippen LogP contribution in [0.5, 0.6) is 11.5 Å². The van der Waals surface area contributed by atoms with E-state index in [0.717, 1.165) is 62.8 Å². The van der Waals surface area contributed by atoms with Gasteiger partial charge in [-0.25, -0.2) is 18.0 Å². The number of benzene rings is 2. The lowest BCUT2D eigenvalue weighted by Gasteiger charge is -2.19. The van der Waals surface area contributed by atoms with Gasteiger partial charge in [-0.2, -0.15) is 0 Å². The standard InChI is InChI=1S/C26H34O8S/c1-3-5-7-9-11-17-19(25(29)30)13-15-21(27)23(17)35(33,34)24-18(12-10-8-6-4-2)20(26(31)32)14-16-22(24)28/h13-16,27-28H,3-12H2,1-2H3,(H,29,30)(H,31,32). The summed E-state index contributed by atoms with van der Waals surface area (Å²) in [6.45, 7) is 4.01. The first kappa shape index (κ1) is 28.2. The van der Waals surface area contributed by atoms with Gasteiger partial charge in [-0.1, -0.05) is 52.4 Å². The molecule has 0 spiro atoms. The van der Waals surface area contributed by atoms with Crippen LogP contribution < -0.4 is 0 Å². The van der Waals surface area contributed by atoms with Crippen molar-refractivity contribution in [1.82, 2.24) is 0 Å². The second kappa shape index (κ2) is 12.6. The molecule has 9 heteroatoms. The first-order valence-corrected chi connectivity index (χ1v) is 13.5. The maximum Gasteiger partial charge on any atom is 0.336 e.